The molecule has 0 unspecified atom stereocenters. The molecule has 1 fully saturated rings. The van der Waals surface area contributed by atoms with Crippen molar-refractivity contribution in [3.63, 3.8) is 0 Å². The first kappa shape index (κ1) is 15.3. The van der Waals surface area contributed by atoms with Gasteiger partial charge in [-0.25, -0.2) is 0 Å². The van der Waals surface area contributed by atoms with E-state index in [2.05, 4.69) is 0 Å². The number of carbonyl (C=O) groups is 1. The summed E-state index contributed by atoms with van der Waals surface area (Å²) < 4.78 is 0. The Morgan fingerprint density at radius 1 is 1.04 bits per heavy atom. The number of anilines is 1. The second-order valence-corrected chi connectivity index (χ2v) is 7.10. The maximum Gasteiger partial charge on any atom is 0.198 e. The molecule has 1 saturated carbocycles. The van der Waals surface area contributed by atoms with Gasteiger partial charge in [-0.05, 0) is 30.4 Å². The lowest BCUT2D eigenvalue weighted by Crippen LogP contribution is -2.23. The number of carbonyl (C=O) groups excluding carboxylic acids is 1. The number of phenolic OH excluding ortho intramolecular Hbond substituents is 1. The van der Waals surface area contributed by atoms with Gasteiger partial charge in [-0.1, -0.05) is 55.7 Å². The Hall–Kier alpha value is -2.20. The van der Waals surface area contributed by atoms with Crippen molar-refractivity contribution in [3.8, 4) is 5.75 Å². The molecule has 0 spiro atoms. The zero-order chi connectivity index (χ0) is 16.8. The van der Waals surface area contributed by atoms with Gasteiger partial charge in [0.2, 0.25) is 0 Å². The smallest absolute Gasteiger partial charge is 0.198 e. The van der Waals surface area contributed by atoms with Crippen LogP contribution in [0.5, 0.6) is 5.75 Å². The van der Waals surface area contributed by atoms with Crippen molar-refractivity contribution in [2.24, 2.45) is 0 Å². The number of hydrogen-bond donors (Lipinski definition) is 2. The normalized spacial score (nSPS) is 17.5. The minimum absolute atomic E-state index is 0.00151. The highest BCUT2D eigenvalue weighted by atomic mass is 32.1. The van der Waals surface area contributed by atoms with E-state index >= 15 is 0 Å². The van der Waals surface area contributed by atoms with Crippen LogP contribution in [0.3, 0.4) is 0 Å². The molecule has 122 valence electrons. The maximum atomic E-state index is 12.8. The summed E-state index contributed by atoms with van der Waals surface area (Å²) in [7, 11) is 0. The molecule has 0 aromatic heterocycles. The number of thiocarbonyl (C=S) groups is 1. The van der Waals surface area contributed by atoms with Gasteiger partial charge in [-0.2, -0.15) is 0 Å². The fourth-order valence-corrected chi connectivity index (χ4v) is 4.46. The fraction of sp³-hybridized carbons (Fsp3) is 0.300. The molecule has 2 aliphatic rings. The van der Waals surface area contributed by atoms with Crippen LogP contribution < -0.4 is 5.73 Å². The summed E-state index contributed by atoms with van der Waals surface area (Å²) in [6.07, 6.45) is 5.74. The highest BCUT2D eigenvalue weighted by molar-refractivity contribution is 7.81. The highest BCUT2D eigenvalue weighted by Gasteiger charge is 2.33. The number of aromatic hydroxyl groups is 1. The van der Waals surface area contributed by atoms with E-state index in [0.29, 0.717) is 27.6 Å². The first-order valence-corrected chi connectivity index (χ1v) is 8.84. The standard InChI is InChI=1S/C20H19NO2S/c21-18-14(11-6-2-1-3-7-11)10-15(22)16-17(18)20(24)13-9-5-4-8-12(13)19(16)23/h4-5,8-11,22H,1-3,6-7,21H2. The monoisotopic (exact) mass is 337 g/mol. The summed E-state index contributed by atoms with van der Waals surface area (Å²) in [5.41, 5.74) is 10.1. The summed E-state index contributed by atoms with van der Waals surface area (Å²) in [4.78, 5) is 13.4. The van der Waals surface area contributed by atoms with Crippen LogP contribution in [0.25, 0.3) is 0 Å². The first-order chi connectivity index (χ1) is 11.6. The molecule has 2 aromatic rings. The predicted molar refractivity (Wildman–Crippen MR) is 99.0 cm³/mol. The number of rotatable bonds is 1. The van der Waals surface area contributed by atoms with Crippen molar-refractivity contribution in [2.45, 2.75) is 38.0 Å². The number of phenols is 1. The van der Waals surface area contributed by atoms with E-state index in [9.17, 15) is 9.90 Å². The molecular weight excluding hydrogens is 318 g/mol. The minimum Gasteiger partial charge on any atom is -0.507 e. The molecule has 4 rings (SSSR count). The number of ketones is 1. The summed E-state index contributed by atoms with van der Waals surface area (Å²) in [6.45, 7) is 0. The van der Waals surface area contributed by atoms with Crippen LogP contribution in [0.1, 0.15) is 70.6 Å². The second kappa shape index (κ2) is 5.71. The van der Waals surface area contributed by atoms with Crippen molar-refractivity contribution in [2.75, 3.05) is 5.73 Å². The summed E-state index contributed by atoms with van der Waals surface area (Å²) in [5, 5.41) is 10.6. The van der Waals surface area contributed by atoms with Gasteiger partial charge in [-0.3, -0.25) is 4.79 Å². The Kier molecular flexibility index (Phi) is 3.65. The zero-order valence-corrected chi connectivity index (χ0v) is 14.2. The van der Waals surface area contributed by atoms with Crippen molar-refractivity contribution >= 4 is 28.6 Å². The van der Waals surface area contributed by atoms with Gasteiger partial charge in [0.15, 0.2) is 5.78 Å². The number of nitrogen functional groups attached to an aromatic ring is 1. The molecule has 0 amide bonds. The number of nitrogens with two attached hydrogens (primary N) is 1. The van der Waals surface area contributed by atoms with E-state index in [1.165, 1.54) is 19.3 Å². The molecule has 3 nitrogen and oxygen atoms in total. The minimum atomic E-state index is -0.200. The Balaban J connectivity index is 1.93. The summed E-state index contributed by atoms with van der Waals surface area (Å²) in [5.74, 6) is 0.139. The van der Waals surface area contributed by atoms with E-state index < -0.39 is 0 Å². The van der Waals surface area contributed by atoms with Gasteiger partial charge in [0, 0.05) is 22.4 Å². The molecule has 0 aliphatic heterocycles. The molecule has 2 aliphatic carbocycles. The molecule has 2 aromatic carbocycles. The lowest BCUT2D eigenvalue weighted by Gasteiger charge is -2.28. The quantitative estimate of drug-likeness (QED) is 0.394. The molecule has 0 atom stereocenters. The molecule has 24 heavy (non-hydrogen) atoms. The van der Waals surface area contributed by atoms with Gasteiger partial charge >= 0.3 is 0 Å². The van der Waals surface area contributed by atoms with Crippen molar-refractivity contribution in [1.29, 1.82) is 0 Å². The Morgan fingerprint density at radius 3 is 2.42 bits per heavy atom. The van der Waals surface area contributed by atoms with E-state index in [0.717, 1.165) is 24.0 Å². The molecule has 3 N–H and O–H groups in total. The van der Waals surface area contributed by atoms with Crippen molar-refractivity contribution < 1.29 is 9.90 Å². The maximum absolute atomic E-state index is 12.8. The van der Waals surface area contributed by atoms with Gasteiger partial charge in [-0.15, -0.1) is 0 Å². The third kappa shape index (κ3) is 2.17. The van der Waals surface area contributed by atoms with E-state index in [-0.39, 0.29) is 17.1 Å². The topological polar surface area (TPSA) is 63.3 Å². The Bertz CT molecular complexity index is 866. The molecule has 0 heterocycles. The van der Waals surface area contributed by atoms with E-state index in [4.69, 9.17) is 18.0 Å². The highest BCUT2D eigenvalue weighted by Crippen LogP contribution is 2.43. The van der Waals surface area contributed by atoms with Crippen LogP contribution in [0.15, 0.2) is 30.3 Å². The van der Waals surface area contributed by atoms with Crippen molar-refractivity contribution in [3.05, 3.63) is 58.1 Å². The molecule has 4 heteroatoms. The number of hydrogen-bond acceptors (Lipinski definition) is 4. The number of fused-ring (bicyclic) bond motifs is 2. The third-order valence-corrected chi connectivity index (χ3v) is 5.72. The summed E-state index contributed by atoms with van der Waals surface area (Å²) in [6, 6.07) is 8.96. The fourth-order valence-electron chi connectivity index (χ4n) is 4.07. The van der Waals surface area contributed by atoms with Gasteiger partial charge in [0.05, 0.1) is 10.4 Å². The van der Waals surface area contributed by atoms with Crippen LogP contribution in [0.2, 0.25) is 0 Å². The molecule has 0 radical (unpaired) electrons. The SMILES string of the molecule is Nc1c(C2CCCCC2)cc(O)c2c1C(=S)c1ccccc1C2=O. The zero-order valence-electron chi connectivity index (χ0n) is 13.3. The van der Waals surface area contributed by atoms with Crippen LogP contribution in [-0.4, -0.2) is 15.8 Å². The molecular formula is C20H19NO2S. The van der Waals surface area contributed by atoms with Crippen LogP contribution >= 0.6 is 12.2 Å². The van der Waals surface area contributed by atoms with E-state index in [1.54, 1.807) is 18.2 Å². The van der Waals surface area contributed by atoms with E-state index in [1.807, 2.05) is 12.1 Å². The third-order valence-electron chi connectivity index (χ3n) is 5.29. The van der Waals surface area contributed by atoms with Crippen molar-refractivity contribution in [1.82, 2.24) is 0 Å². The van der Waals surface area contributed by atoms with Gasteiger partial charge < -0.3 is 10.8 Å². The first-order valence-electron chi connectivity index (χ1n) is 8.43. The van der Waals surface area contributed by atoms with Crippen LogP contribution in [0, 0.1) is 0 Å². The largest absolute Gasteiger partial charge is 0.507 e. The second-order valence-electron chi connectivity index (χ2n) is 6.69. The average molecular weight is 337 g/mol. The summed E-state index contributed by atoms with van der Waals surface area (Å²) >= 11 is 5.63. The van der Waals surface area contributed by atoms with Gasteiger partial charge in [0.25, 0.3) is 0 Å². The molecule has 0 saturated heterocycles. The predicted octanol–water partition coefficient (Wildman–Crippen LogP) is 4.33. The molecule has 0 bridgehead atoms. The Labute approximate surface area is 146 Å². The van der Waals surface area contributed by atoms with Crippen LogP contribution in [-0.2, 0) is 0 Å². The lowest BCUT2D eigenvalue weighted by molar-refractivity contribution is 0.103. The van der Waals surface area contributed by atoms with Gasteiger partial charge in [0.1, 0.15) is 5.75 Å². The lowest BCUT2D eigenvalue weighted by atomic mass is 9.78. The Morgan fingerprint density at radius 2 is 1.71 bits per heavy atom. The van der Waals surface area contributed by atoms with Crippen LogP contribution in [0.4, 0.5) is 5.69 Å². The average Bonchev–Trinajstić information content (AvgIpc) is 2.62. The number of benzene rings is 2.